The van der Waals surface area contributed by atoms with Crippen molar-refractivity contribution in [2.45, 2.75) is 32.9 Å². The molecule has 0 aromatic heterocycles. The molecule has 1 aliphatic rings. The van der Waals surface area contributed by atoms with Crippen LogP contribution < -0.4 is 4.74 Å². The van der Waals surface area contributed by atoms with Gasteiger partial charge in [0.15, 0.2) is 0 Å². The number of aryl methyl sites for hydroxylation is 1. The number of Topliss-reactive ketones (excluding diaryl/α,β-unsaturated/α-hetero) is 1. The predicted octanol–water partition coefficient (Wildman–Crippen LogP) is 5.07. The van der Waals surface area contributed by atoms with Crippen LogP contribution in [0.1, 0.15) is 36.6 Å². The third kappa shape index (κ3) is 5.35. The molecule has 1 atom stereocenters. The molecule has 0 spiro atoms. The van der Waals surface area contributed by atoms with E-state index in [1.54, 1.807) is 36.4 Å². The molecule has 1 aliphatic heterocycles. The summed E-state index contributed by atoms with van der Waals surface area (Å²) in [5, 5.41) is 11.9. The number of rotatable bonds is 7. The number of benzene rings is 2. The Morgan fingerprint density at radius 2 is 1.82 bits per heavy atom. The summed E-state index contributed by atoms with van der Waals surface area (Å²) >= 11 is 12.3. The zero-order chi connectivity index (χ0) is 24.4. The normalized spacial score (nSPS) is 18.0. The monoisotopic (exact) mass is 490 g/mol. The number of likely N-dealkylation sites (N-methyl/N-ethyl adjacent to an activating group) is 1. The Morgan fingerprint density at radius 1 is 1.12 bits per heavy atom. The van der Waals surface area contributed by atoms with E-state index in [0.29, 0.717) is 40.0 Å². The summed E-state index contributed by atoms with van der Waals surface area (Å²) < 4.78 is 5.77. The fraction of sp³-hybridized carbons (Fsp3) is 0.360. The van der Waals surface area contributed by atoms with Gasteiger partial charge in [-0.3, -0.25) is 9.59 Å². The van der Waals surface area contributed by atoms with Gasteiger partial charge < -0.3 is 19.6 Å². The molecule has 2 aromatic rings. The van der Waals surface area contributed by atoms with Gasteiger partial charge in [0, 0.05) is 18.7 Å². The van der Waals surface area contributed by atoms with Crippen molar-refractivity contribution in [1.29, 1.82) is 0 Å². The Hall–Kier alpha value is -2.54. The number of nitrogens with zero attached hydrogens (tertiary/aromatic N) is 2. The second-order valence-corrected chi connectivity index (χ2v) is 9.43. The quantitative estimate of drug-likeness (QED) is 0.333. The molecule has 1 saturated heterocycles. The molecule has 8 heteroatoms. The van der Waals surface area contributed by atoms with Crippen molar-refractivity contribution in [1.82, 2.24) is 9.80 Å². The summed E-state index contributed by atoms with van der Waals surface area (Å²) in [6, 6.07) is 9.35. The van der Waals surface area contributed by atoms with Crippen molar-refractivity contribution in [2.75, 3.05) is 27.2 Å². The first kappa shape index (κ1) is 25.1. The highest BCUT2D eigenvalue weighted by Crippen LogP contribution is 2.41. The van der Waals surface area contributed by atoms with E-state index in [-0.39, 0.29) is 17.4 Å². The van der Waals surface area contributed by atoms with Crippen molar-refractivity contribution in [2.24, 2.45) is 0 Å². The smallest absolute Gasteiger partial charge is 0.295 e. The number of aliphatic hydroxyl groups excluding tert-OH is 1. The predicted molar refractivity (Wildman–Crippen MR) is 131 cm³/mol. The molecule has 1 unspecified atom stereocenters. The standard InChI is InChI=1S/C25H28Cl2N2O4/c1-14(2)33-20-9-7-17(12-15(20)3)23(30)21-22(16-6-8-18(26)19(27)13-16)29(11-10-28(4)5)25(32)24(21)31/h6-9,12-14,22,30H,10-11H2,1-5H3. The van der Waals surface area contributed by atoms with Crippen molar-refractivity contribution in [3.05, 3.63) is 68.7 Å². The van der Waals surface area contributed by atoms with Crippen LogP contribution in [0, 0.1) is 6.92 Å². The molecule has 0 aliphatic carbocycles. The highest BCUT2D eigenvalue weighted by atomic mass is 35.5. The summed E-state index contributed by atoms with van der Waals surface area (Å²) in [5.74, 6) is -0.946. The fourth-order valence-corrected chi connectivity index (χ4v) is 4.09. The lowest BCUT2D eigenvalue weighted by Crippen LogP contribution is -2.35. The Morgan fingerprint density at radius 3 is 2.39 bits per heavy atom. The van der Waals surface area contributed by atoms with E-state index in [9.17, 15) is 14.7 Å². The molecule has 1 fully saturated rings. The van der Waals surface area contributed by atoms with E-state index in [1.807, 2.05) is 39.8 Å². The second-order valence-electron chi connectivity index (χ2n) is 8.62. The van der Waals surface area contributed by atoms with E-state index in [1.165, 1.54) is 4.90 Å². The minimum absolute atomic E-state index is 0.000165. The molecular weight excluding hydrogens is 463 g/mol. The first-order valence-electron chi connectivity index (χ1n) is 10.7. The fourth-order valence-electron chi connectivity index (χ4n) is 3.79. The number of halogens is 2. The number of ether oxygens (including phenoxy) is 1. The molecule has 0 radical (unpaired) electrons. The first-order valence-corrected chi connectivity index (χ1v) is 11.4. The van der Waals surface area contributed by atoms with Crippen LogP contribution in [0.5, 0.6) is 5.75 Å². The maximum Gasteiger partial charge on any atom is 0.295 e. The maximum absolute atomic E-state index is 13.1. The van der Waals surface area contributed by atoms with Gasteiger partial charge in [-0.25, -0.2) is 0 Å². The van der Waals surface area contributed by atoms with Crippen molar-refractivity contribution < 1.29 is 19.4 Å². The Bertz CT molecular complexity index is 1110. The van der Waals surface area contributed by atoms with Gasteiger partial charge >= 0.3 is 0 Å². The van der Waals surface area contributed by atoms with Crippen LogP contribution >= 0.6 is 23.2 Å². The maximum atomic E-state index is 13.1. The minimum Gasteiger partial charge on any atom is -0.507 e. The molecule has 6 nitrogen and oxygen atoms in total. The van der Waals surface area contributed by atoms with E-state index < -0.39 is 17.7 Å². The molecular formula is C25H28Cl2N2O4. The summed E-state index contributed by atoms with van der Waals surface area (Å²) in [7, 11) is 3.77. The molecule has 2 aromatic carbocycles. The van der Waals surface area contributed by atoms with Crippen molar-refractivity contribution >= 4 is 40.7 Å². The van der Waals surface area contributed by atoms with Crippen LogP contribution in [0.4, 0.5) is 0 Å². The number of hydrogen-bond acceptors (Lipinski definition) is 5. The summed E-state index contributed by atoms with van der Waals surface area (Å²) in [6.07, 6.45) is -0.000165. The molecule has 0 bridgehead atoms. The van der Waals surface area contributed by atoms with E-state index in [2.05, 4.69) is 0 Å². The Labute approximate surface area is 204 Å². The summed E-state index contributed by atoms with van der Waals surface area (Å²) in [6.45, 7) is 6.57. The summed E-state index contributed by atoms with van der Waals surface area (Å²) in [5.41, 5.74) is 1.86. The van der Waals surface area contributed by atoms with Crippen molar-refractivity contribution in [3.8, 4) is 5.75 Å². The second kappa shape index (κ2) is 10.2. The number of amides is 1. The summed E-state index contributed by atoms with van der Waals surface area (Å²) in [4.78, 5) is 29.5. The van der Waals surface area contributed by atoms with Gasteiger partial charge in [-0.15, -0.1) is 0 Å². The van der Waals surface area contributed by atoms with Crippen LogP contribution in [0.3, 0.4) is 0 Å². The number of carbonyl (C=O) groups is 2. The van der Waals surface area contributed by atoms with E-state index in [0.717, 1.165) is 5.56 Å². The SMILES string of the molecule is Cc1cc(C(O)=C2C(=O)C(=O)N(CCN(C)C)C2c2ccc(Cl)c(Cl)c2)ccc1OC(C)C. The average Bonchev–Trinajstić information content (AvgIpc) is 2.99. The molecule has 176 valence electrons. The number of carbonyl (C=O) groups excluding carboxylic acids is 2. The molecule has 1 heterocycles. The van der Waals surface area contributed by atoms with E-state index in [4.69, 9.17) is 27.9 Å². The lowest BCUT2D eigenvalue weighted by atomic mass is 9.94. The van der Waals surface area contributed by atoms with Crippen LogP contribution in [0.25, 0.3) is 5.76 Å². The molecule has 33 heavy (non-hydrogen) atoms. The number of hydrogen-bond donors (Lipinski definition) is 1. The van der Waals surface area contributed by atoms with Gasteiger partial charge in [0.05, 0.1) is 27.8 Å². The highest BCUT2D eigenvalue weighted by Gasteiger charge is 2.46. The first-order chi connectivity index (χ1) is 15.5. The van der Waals surface area contributed by atoms with E-state index >= 15 is 0 Å². The average molecular weight is 491 g/mol. The lowest BCUT2D eigenvalue weighted by Gasteiger charge is -2.27. The minimum atomic E-state index is -0.786. The number of aliphatic hydroxyl groups is 1. The number of likely N-dealkylation sites (tertiary alicyclic amines) is 1. The topological polar surface area (TPSA) is 70.1 Å². The third-order valence-corrected chi connectivity index (χ3v) is 6.14. The van der Waals surface area contributed by atoms with Gasteiger partial charge in [0.2, 0.25) is 0 Å². The van der Waals surface area contributed by atoms with Gasteiger partial charge in [0.1, 0.15) is 11.5 Å². The zero-order valence-corrected chi connectivity index (χ0v) is 20.9. The highest BCUT2D eigenvalue weighted by molar-refractivity contribution is 6.46. The molecule has 3 rings (SSSR count). The molecule has 1 N–H and O–H groups in total. The van der Waals surface area contributed by atoms with Crippen LogP contribution in [-0.2, 0) is 9.59 Å². The number of ketones is 1. The van der Waals surface area contributed by atoms with Gasteiger partial charge in [0.25, 0.3) is 11.7 Å². The van der Waals surface area contributed by atoms with Crippen LogP contribution in [-0.4, -0.2) is 59.9 Å². The Balaban J connectivity index is 2.14. The van der Waals surface area contributed by atoms with Gasteiger partial charge in [-0.05, 0) is 76.3 Å². The zero-order valence-electron chi connectivity index (χ0n) is 19.4. The van der Waals surface area contributed by atoms with Crippen LogP contribution in [0.2, 0.25) is 10.0 Å². The largest absolute Gasteiger partial charge is 0.507 e. The Kier molecular flexibility index (Phi) is 7.73. The van der Waals surface area contributed by atoms with Crippen molar-refractivity contribution in [3.63, 3.8) is 0 Å². The van der Waals surface area contributed by atoms with Crippen LogP contribution in [0.15, 0.2) is 42.0 Å². The third-order valence-electron chi connectivity index (χ3n) is 5.40. The van der Waals surface area contributed by atoms with Gasteiger partial charge in [-0.2, -0.15) is 0 Å². The molecule has 1 amide bonds. The molecule has 0 saturated carbocycles. The lowest BCUT2D eigenvalue weighted by molar-refractivity contribution is -0.140. The van der Waals surface area contributed by atoms with Gasteiger partial charge in [-0.1, -0.05) is 29.3 Å².